The Hall–Kier alpha value is -2.93. The van der Waals surface area contributed by atoms with Gasteiger partial charge in [-0.15, -0.1) is 0 Å². The lowest BCUT2D eigenvalue weighted by atomic mass is 9.94. The number of fused-ring (bicyclic) bond motifs is 1. The molecule has 0 radical (unpaired) electrons. The van der Waals surface area contributed by atoms with E-state index in [4.69, 9.17) is 0 Å². The highest BCUT2D eigenvalue weighted by molar-refractivity contribution is 5.80. The van der Waals surface area contributed by atoms with Gasteiger partial charge in [0.05, 0.1) is 0 Å². The number of nitrogens with zero attached hydrogens (tertiary/aromatic N) is 6. The molecule has 0 N–H and O–H groups in total. The van der Waals surface area contributed by atoms with Gasteiger partial charge in [0, 0.05) is 69.7 Å². The number of piperazine rings is 1. The molecular formula is C25H32N6O. The summed E-state index contributed by atoms with van der Waals surface area (Å²) in [7, 11) is 2.06. The second-order valence-electron chi connectivity index (χ2n) is 9.01. The van der Waals surface area contributed by atoms with Crippen LogP contribution in [-0.2, 0) is 18.3 Å². The maximum atomic E-state index is 13.1. The highest BCUT2D eigenvalue weighted by Gasteiger charge is 2.30. The standard InChI is InChI=1S/C25H32N6O/c1-28-19-21(22-5-4-11-27-24(22)28)9-14-29-12-7-20(8-13-29)25(32)31-17-15-30(16-18-31)23-6-2-3-10-26-23/h2-6,10-11,19-20H,7-9,12-18H2,1H3. The van der Waals surface area contributed by atoms with Crippen LogP contribution >= 0.6 is 0 Å². The molecule has 1 amide bonds. The number of pyridine rings is 2. The molecule has 0 saturated carbocycles. The molecule has 0 atom stereocenters. The smallest absolute Gasteiger partial charge is 0.225 e. The third-order valence-corrected chi connectivity index (χ3v) is 7.02. The number of hydrogen-bond donors (Lipinski definition) is 0. The Balaban J connectivity index is 1.09. The van der Waals surface area contributed by atoms with Gasteiger partial charge in [0.15, 0.2) is 0 Å². The van der Waals surface area contributed by atoms with Crippen molar-refractivity contribution in [2.24, 2.45) is 13.0 Å². The highest BCUT2D eigenvalue weighted by atomic mass is 16.2. The summed E-state index contributed by atoms with van der Waals surface area (Å²) in [5, 5.41) is 1.25. The Morgan fingerprint density at radius 2 is 1.75 bits per heavy atom. The lowest BCUT2D eigenvalue weighted by Crippen LogP contribution is -2.52. The molecule has 0 unspecified atom stereocenters. The lowest BCUT2D eigenvalue weighted by Gasteiger charge is -2.39. The van der Waals surface area contributed by atoms with Crippen LogP contribution < -0.4 is 4.90 Å². The maximum absolute atomic E-state index is 13.1. The zero-order chi connectivity index (χ0) is 21.9. The first-order valence-corrected chi connectivity index (χ1v) is 11.7. The van der Waals surface area contributed by atoms with Gasteiger partial charge < -0.3 is 19.3 Å². The Labute approximate surface area is 189 Å². The molecule has 5 rings (SSSR count). The van der Waals surface area contributed by atoms with E-state index in [1.54, 1.807) is 0 Å². The van der Waals surface area contributed by atoms with Gasteiger partial charge in [-0.05, 0) is 62.2 Å². The van der Waals surface area contributed by atoms with Gasteiger partial charge in [0.25, 0.3) is 0 Å². The van der Waals surface area contributed by atoms with E-state index in [-0.39, 0.29) is 5.92 Å². The first-order valence-electron chi connectivity index (χ1n) is 11.7. The first-order chi connectivity index (χ1) is 15.7. The van der Waals surface area contributed by atoms with E-state index in [1.165, 1.54) is 10.9 Å². The Bertz CT molecular complexity index is 1050. The maximum Gasteiger partial charge on any atom is 0.225 e. The van der Waals surface area contributed by atoms with Crippen molar-refractivity contribution >= 4 is 22.8 Å². The van der Waals surface area contributed by atoms with Crippen LogP contribution in [0.2, 0.25) is 0 Å². The molecule has 7 heteroatoms. The van der Waals surface area contributed by atoms with Gasteiger partial charge in [-0.25, -0.2) is 9.97 Å². The lowest BCUT2D eigenvalue weighted by molar-refractivity contribution is -0.137. The second kappa shape index (κ2) is 9.28. The normalized spacial score (nSPS) is 18.4. The summed E-state index contributed by atoms with van der Waals surface area (Å²) in [6.45, 7) is 6.37. The van der Waals surface area contributed by atoms with Crippen LogP contribution in [0.3, 0.4) is 0 Å². The van der Waals surface area contributed by atoms with E-state index in [9.17, 15) is 4.79 Å². The fourth-order valence-electron chi connectivity index (χ4n) is 5.13. The number of aryl methyl sites for hydroxylation is 1. The van der Waals surface area contributed by atoms with Crippen LogP contribution in [0, 0.1) is 5.92 Å². The van der Waals surface area contributed by atoms with Crippen molar-refractivity contribution < 1.29 is 4.79 Å². The Morgan fingerprint density at radius 1 is 0.969 bits per heavy atom. The molecule has 0 aliphatic carbocycles. The number of anilines is 1. The molecule has 5 heterocycles. The van der Waals surface area contributed by atoms with Crippen LogP contribution in [-0.4, -0.2) is 76.1 Å². The summed E-state index contributed by atoms with van der Waals surface area (Å²) in [5.41, 5.74) is 2.41. The molecule has 2 aliphatic rings. The highest BCUT2D eigenvalue weighted by Crippen LogP contribution is 2.23. The average Bonchev–Trinajstić information content (AvgIpc) is 3.19. The minimum Gasteiger partial charge on any atom is -0.353 e. The van der Waals surface area contributed by atoms with E-state index in [0.717, 1.165) is 76.5 Å². The number of amides is 1. The van der Waals surface area contributed by atoms with Gasteiger partial charge in [0.1, 0.15) is 11.5 Å². The van der Waals surface area contributed by atoms with Crippen molar-refractivity contribution in [2.75, 3.05) is 50.7 Å². The third-order valence-electron chi connectivity index (χ3n) is 7.02. The first kappa shape index (κ1) is 20.9. The van der Waals surface area contributed by atoms with Gasteiger partial charge >= 0.3 is 0 Å². The number of likely N-dealkylation sites (tertiary alicyclic amines) is 1. The Kier molecular flexibility index (Phi) is 6.08. The number of hydrogen-bond acceptors (Lipinski definition) is 5. The largest absolute Gasteiger partial charge is 0.353 e. The third kappa shape index (κ3) is 4.35. The summed E-state index contributed by atoms with van der Waals surface area (Å²) < 4.78 is 2.11. The van der Waals surface area contributed by atoms with E-state index in [0.29, 0.717) is 5.91 Å². The summed E-state index contributed by atoms with van der Waals surface area (Å²) in [5.74, 6) is 1.54. The van der Waals surface area contributed by atoms with Crippen molar-refractivity contribution in [3.63, 3.8) is 0 Å². The molecule has 168 valence electrons. The van der Waals surface area contributed by atoms with Gasteiger partial charge in [-0.3, -0.25) is 4.79 Å². The van der Waals surface area contributed by atoms with Crippen LogP contribution in [0.15, 0.2) is 48.9 Å². The molecule has 2 fully saturated rings. The number of rotatable bonds is 5. The molecule has 0 bridgehead atoms. The topological polar surface area (TPSA) is 57.5 Å². The molecule has 7 nitrogen and oxygen atoms in total. The predicted molar refractivity (Wildman–Crippen MR) is 127 cm³/mol. The number of carbonyl (C=O) groups is 1. The average molecular weight is 433 g/mol. The van der Waals surface area contributed by atoms with Crippen molar-refractivity contribution in [2.45, 2.75) is 19.3 Å². The molecule has 3 aromatic rings. The van der Waals surface area contributed by atoms with Crippen LogP contribution in [0.4, 0.5) is 5.82 Å². The summed E-state index contributed by atoms with van der Waals surface area (Å²) in [4.78, 5) is 28.9. The summed E-state index contributed by atoms with van der Waals surface area (Å²) >= 11 is 0. The van der Waals surface area contributed by atoms with E-state index in [2.05, 4.69) is 48.5 Å². The SMILES string of the molecule is Cn1cc(CCN2CCC(C(=O)N3CCN(c4ccccn4)CC3)CC2)c2cccnc21. The minimum absolute atomic E-state index is 0.175. The minimum atomic E-state index is 0.175. The van der Waals surface area contributed by atoms with Gasteiger partial charge in [-0.2, -0.15) is 0 Å². The van der Waals surface area contributed by atoms with Crippen molar-refractivity contribution in [3.8, 4) is 0 Å². The van der Waals surface area contributed by atoms with E-state index < -0.39 is 0 Å². The van der Waals surface area contributed by atoms with E-state index >= 15 is 0 Å². The molecule has 0 spiro atoms. The fraction of sp³-hybridized carbons (Fsp3) is 0.480. The van der Waals surface area contributed by atoms with Crippen molar-refractivity contribution in [1.29, 1.82) is 0 Å². The number of piperidine rings is 1. The number of aromatic nitrogens is 3. The monoisotopic (exact) mass is 432 g/mol. The van der Waals surface area contributed by atoms with Gasteiger partial charge in [0.2, 0.25) is 5.91 Å². The van der Waals surface area contributed by atoms with Crippen LogP contribution in [0.1, 0.15) is 18.4 Å². The molecule has 32 heavy (non-hydrogen) atoms. The zero-order valence-corrected chi connectivity index (χ0v) is 18.9. The van der Waals surface area contributed by atoms with Crippen LogP contribution in [0.5, 0.6) is 0 Å². The summed E-state index contributed by atoms with van der Waals surface area (Å²) in [6, 6.07) is 10.2. The molecular weight excluding hydrogens is 400 g/mol. The van der Waals surface area contributed by atoms with Gasteiger partial charge in [-0.1, -0.05) is 6.07 Å². The molecule has 0 aromatic carbocycles. The second-order valence-corrected chi connectivity index (χ2v) is 9.01. The molecule has 3 aromatic heterocycles. The van der Waals surface area contributed by atoms with Crippen LogP contribution in [0.25, 0.3) is 11.0 Å². The number of carbonyl (C=O) groups excluding carboxylic acids is 1. The summed E-state index contributed by atoms with van der Waals surface area (Å²) in [6.07, 6.45) is 8.85. The van der Waals surface area contributed by atoms with E-state index in [1.807, 2.05) is 36.7 Å². The Morgan fingerprint density at radius 3 is 2.50 bits per heavy atom. The fourth-order valence-corrected chi connectivity index (χ4v) is 5.13. The predicted octanol–water partition coefficient (Wildman–Crippen LogP) is 2.57. The molecule has 2 saturated heterocycles. The van der Waals surface area contributed by atoms with Crippen molar-refractivity contribution in [1.82, 2.24) is 24.3 Å². The van der Waals surface area contributed by atoms with Crippen molar-refractivity contribution in [3.05, 3.63) is 54.5 Å². The molecule has 2 aliphatic heterocycles. The quantitative estimate of drug-likeness (QED) is 0.620. The zero-order valence-electron chi connectivity index (χ0n) is 18.9.